The number of hydrogen-bond donors (Lipinski definition) is 2. The standard InChI is InChI=1S/C20H29N5OS2.HI/c1-4-21-19(22-10-6-13-27-20-24-12-14-28-20)23-11-9-16-7-5-8-17(15-16)18(26)25(2)3;/h5,7-8,12,14-15H,4,6,9-11,13H2,1-3H3,(H2,21,22,23);1H. The van der Waals surface area contributed by atoms with E-state index in [2.05, 4.69) is 27.5 Å². The number of thioether (sulfide) groups is 1. The van der Waals surface area contributed by atoms with Crippen molar-refractivity contribution in [2.45, 2.75) is 24.1 Å². The molecule has 6 nitrogen and oxygen atoms in total. The molecule has 1 amide bonds. The highest BCUT2D eigenvalue weighted by atomic mass is 127. The van der Waals surface area contributed by atoms with Crippen LogP contribution in [0.1, 0.15) is 29.3 Å². The van der Waals surface area contributed by atoms with Crippen LogP contribution in [0.2, 0.25) is 0 Å². The molecule has 0 saturated heterocycles. The van der Waals surface area contributed by atoms with Gasteiger partial charge in [-0.1, -0.05) is 23.9 Å². The van der Waals surface area contributed by atoms with E-state index in [-0.39, 0.29) is 29.9 Å². The van der Waals surface area contributed by atoms with Gasteiger partial charge in [-0.15, -0.1) is 35.3 Å². The molecule has 0 bridgehead atoms. The van der Waals surface area contributed by atoms with Gasteiger partial charge in [0.05, 0.1) is 0 Å². The lowest BCUT2D eigenvalue weighted by atomic mass is 10.1. The minimum absolute atomic E-state index is 0. The topological polar surface area (TPSA) is 69.6 Å². The highest BCUT2D eigenvalue weighted by Crippen LogP contribution is 2.20. The number of aliphatic imine (C=N–C) groups is 1. The van der Waals surface area contributed by atoms with Gasteiger partial charge in [-0.3, -0.25) is 9.79 Å². The van der Waals surface area contributed by atoms with Crippen LogP contribution >= 0.6 is 47.1 Å². The summed E-state index contributed by atoms with van der Waals surface area (Å²) in [6, 6.07) is 7.80. The molecule has 0 spiro atoms. The molecule has 0 fully saturated rings. The zero-order valence-electron chi connectivity index (χ0n) is 17.2. The minimum Gasteiger partial charge on any atom is -0.357 e. The third-order valence-electron chi connectivity index (χ3n) is 3.84. The van der Waals surface area contributed by atoms with E-state index in [4.69, 9.17) is 0 Å². The molecular formula is C20H30IN5OS2. The molecule has 1 heterocycles. The van der Waals surface area contributed by atoms with Crippen LogP contribution in [-0.2, 0) is 6.42 Å². The fourth-order valence-corrected chi connectivity index (χ4v) is 4.11. The molecule has 0 atom stereocenters. The van der Waals surface area contributed by atoms with Crippen LogP contribution in [0.5, 0.6) is 0 Å². The quantitative estimate of drug-likeness (QED) is 0.156. The fourth-order valence-electron chi connectivity index (χ4n) is 2.48. The largest absolute Gasteiger partial charge is 0.357 e. The maximum atomic E-state index is 12.1. The second-order valence-electron chi connectivity index (χ2n) is 6.34. The summed E-state index contributed by atoms with van der Waals surface area (Å²) < 4.78 is 1.11. The number of nitrogens with one attached hydrogen (secondary N) is 2. The van der Waals surface area contributed by atoms with E-state index in [1.807, 2.05) is 35.8 Å². The van der Waals surface area contributed by atoms with Crippen molar-refractivity contribution < 1.29 is 4.79 Å². The molecule has 0 aliphatic heterocycles. The molecule has 160 valence electrons. The van der Waals surface area contributed by atoms with E-state index < -0.39 is 0 Å². The molecule has 2 rings (SSSR count). The zero-order valence-corrected chi connectivity index (χ0v) is 21.1. The van der Waals surface area contributed by atoms with Crippen molar-refractivity contribution in [3.8, 4) is 0 Å². The number of carbonyl (C=O) groups excluding carboxylic acids is 1. The van der Waals surface area contributed by atoms with Crippen LogP contribution in [0, 0.1) is 0 Å². The third kappa shape index (κ3) is 9.81. The molecule has 0 saturated carbocycles. The number of amides is 1. The molecule has 0 aliphatic rings. The van der Waals surface area contributed by atoms with Crippen LogP contribution in [0.15, 0.2) is 45.2 Å². The smallest absolute Gasteiger partial charge is 0.253 e. The summed E-state index contributed by atoms with van der Waals surface area (Å²) in [5.41, 5.74) is 1.86. The first kappa shape index (κ1) is 25.7. The highest BCUT2D eigenvalue weighted by molar-refractivity contribution is 14.0. The zero-order chi connectivity index (χ0) is 20.2. The average Bonchev–Trinajstić information content (AvgIpc) is 3.20. The predicted molar refractivity (Wildman–Crippen MR) is 135 cm³/mol. The highest BCUT2D eigenvalue weighted by Gasteiger charge is 2.08. The van der Waals surface area contributed by atoms with Crippen LogP contribution in [-0.4, -0.2) is 61.2 Å². The summed E-state index contributed by atoms with van der Waals surface area (Å²) >= 11 is 3.46. The summed E-state index contributed by atoms with van der Waals surface area (Å²) in [7, 11) is 3.54. The van der Waals surface area contributed by atoms with E-state index in [0.717, 1.165) is 59.7 Å². The first-order chi connectivity index (χ1) is 13.6. The number of halogens is 1. The monoisotopic (exact) mass is 547 g/mol. The van der Waals surface area contributed by atoms with E-state index >= 15 is 0 Å². The van der Waals surface area contributed by atoms with Crippen LogP contribution < -0.4 is 10.6 Å². The second kappa shape index (κ2) is 14.6. The van der Waals surface area contributed by atoms with Gasteiger partial charge in [0.1, 0.15) is 4.34 Å². The Hall–Kier alpha value is -1.33. The van der Waals surface area contributed by atoms with Gasteiger partial charge in [-0.05, 0) is 37.5 Å². The first-order valence-electron chi connectivity index (χ1n) is 9.45. The lowest BCUT2D eigenvalue weighted by molar-refractivity contribution is 0.0827. The molecule has 0 unspecified atom stereocenters. The maximum Gasteiger partial charge on any atom is 0.253 e. The second-order valence-corrected chi connectivity index (χ2v) is 8.57. The molecular weight excluding hydrogens is 517 g/mol. The number of guanidine groups is 1. The summed E-state index contributed by atoms with van der Waals surface area (Å²) in [6.45, 7) is 4.43. The lowest BCUT2D eigenvalue weighted by Gasteiger charge is -2.13. The van der Waals surface area contributed by atoms with Gasteiger partial charge in [0.2, 0.25) is 0 Å². The fraction of sp³-hybridized carbons (Fsp3) is 0.450. The number of hydrogen-bond acceptors (Lipinski definition) is 5. The molecule has 2 N–H and O–H groups in total. The minimum atomic E-state index is 0. The van der Waals surface area contributed by atoms with Crippen molar-refractivity contribution in [3.05, 3.63) is 47.0 Å². The molecule has 0 aliphatic carbocycles. The predicted octanol–water partition coefficient (Wildman–Crippen LogP) is 3.74. The van der Waals surface area contributed by atoms with E-state index in [0.29, 0.717) is 0 Å². The molecule has 0 radical (unpaired) electrons. The maximum absolute atomic E-state index is 12.1. The molecule has 29 heavy (non-hydrogen) atoms. The summed E-state index contributed by atoms with van der Waals surface area (Å²) in [5, 5.41) is 8.65. The Bertz CT molecular complexity index is 753. The summed E-state index contributed by atoms with van der Waals surface area (Å²) in [5.74, 6) is 1.88. The van der Waals surface area contributed by atoms with Gasteiger partial charge in [0.25, 0.3) is 5.91 Å². The van der Waals surface area contributed by atoms with Crippen LogP contribution in [0.25, 0.3) is 0 Å². The van der Waals surface area contributed by atoms with Crippen LogP contribution in [0.4, 0.5) is 0 Å². The van der Waals surface area contributed by atoms with Crippen molar-refractivity contribution in [1.82, 2.24) is 20.5 Å². The SMILES string of the molecule is CCNC(=NCCCSc1nccs1)NCCc1cccc(C(=O)N(C)C)c1.I. The van der Waals surface area contributed by atoms with E-state index in [1.165, 1.54) is 0 Å². The number of aromatic nitrogens is 1. The van der Waals surface area contributed by atoms with E-state index in [9.17, 15) is 4.79 Å². The Morgan fingerprint density at radius 2 is 2.14 bits per heavy atom. The lowest BCUT2D eigenvalue weighted by Crippen LogP contribution is -2.38. The Morgan fingerprint density at radius 3 is 2.83 bits per heavy atom. The molecule has 9 heteroatoms. The Kier molecular flexibility index (Phi) is 13.0. The Morgan fingerprint density at radius 1 is 1.31 bits per heavy atom. The summed E-state index contributed by atoms with van der Waals surface area (Å²) in [6.07, 6.45) is 3.68. The van der Waals surface area contributed by atoms with Gasteiger partial charge in [0, 0.05) is 56.6 Å². The van der Waals surface area contributed by atoms with Gasteiger partial charge in [-0.2, -0.15) is 0 Å². The molecule has 2 aromatic rings. The number of carbonyl (C=O) groups is 1. The molecule has 1 aromatic carbocycles. The normalized spacial score (nSPS) is 10.9. The number of nitrogens with zero attached hydrogens (tertiary/aromatic N) is 3. The average molecular weight is 548 g/mol. The van der Waals surface area contributed by atoms with Crippen molar-refractivity contribution in [2.24, 2.45) is 4.99 Å². The summed E-state index contributed by atoms with van der Waals surface area (Å²) in [4.78, 5) is 22.6. The van der Waals surface area contributed by atoms with Gasteiger partial charge >= 0.3 is 0 Å². The Labute approximate surface area is 199 Å². The first-order valence-corrected chi connectivity index (χ1v) is 11.3. The van der Waals surface area contributed by atoms with Crippen molar-refractivity contribution in [2.75, 3.05) is 39.5 Å². The van der Waals surface area contributed by atoms with Crippen molar-refractivity contribution in [3.63, 3.8) is 0 Å². The number of benzene rings is 1. The van der Waals surface area contributed by atoms with Crippen molar-refractivity contribution >= 4 is 58.9 Å². The number of rotatable bonds is 10. The third-order valence-corrected chi connectivity index (χ3v) is 5.89. The van der Waals surface area contributed by atoms with Crippen molar-refractivity contribution in [1.29, 1.82) is 0 Å². The molecule has 1 aromatic heterocycles. The van der Waals surface area contributed by atoms with Gasteiger partial charge in [-0.25, -0.2) is 4.98 Å². The number of thiazole rings is 1. The van der Waals surface area contributed by atoms with Crippen LogP contribution in [0.3, 0.4) is 0 Å². The Balaban J connectivity index is 0.00000420. The van der Waals surface area contributed by atoms with Gasteiger partial charge < -0.3 is 15.5 Å². The van der Waals surface area contributed by atoms with Gasteiger partial charge in [0.15, 0.2) is 5.96 Å². The van der Waals surface area contributed by atoms with E-state index in [1.54, 1.807) is 42.1 Å².